The zero-order chi connectivity index (χ0) is 28.6. The lowest BCUT2D eigenvalue weighted by molar-refractivity contribution is -0.117. The lowest BCUT2D eigenvalue weighted by Gasteiger charge is -2.23. The summed E-state index contributed by atoms with van der Waals surface area (Å²) in [5.41, 5.74) is 6.89. The minimum absolute atomic E-state index is 0.0311. The van der Waals surface area contributed by atoms with Crippen LogP contribution in [0.25, 0.3) is 10.9 Å². The Hall–Kier alpha value is -4.29. The van der Waals surface area contributed by atoms with Crippen molar-refractivity contribution in [2.75, 3.05) is 31.8 Å². The highest BCUT2D eigenvalue weighted by molar-refractivity contribution is 5.96. The number of primary amides is 1. The molecule has 0 bridgehead atoms. The SMILES string of the molecule is COc1cc2c(N(c3cccc(F)c3)c3cc(CC(N)=O)[nH]n3)ncnc2cc1OCCCNC(CO)C(C)C. The highest BCUT2D eigenvalue weighted by Gasteiger charge is 2.22. The van der Waals surface area contributed by atoms with Gasteiger partial charge in [-0.25, -0.2) is 14.4 Å². The third-order valence-electron chi connectivity index (χ3n) is 6.38. The van der Waals surface area contributed by atoms with Crippen molar-refractivity contribution in [2.24, 2.45) is 11.7 Å². The number of halogens is 1. The summed E-state index contributed by atoms with van der Waals surface area (Å²) in [6, 6.07) is 11.2. The van der Waals surface area contributed by atoms with Crippen molar-refractivity contribution in [3.05, 3.63) is 60.3 Å². The number of hydrogen-bond acceptors (Lipinski definition) is 9. The molecule has 11 nitrogen and oxygen atoms in total. The van der Waals surface area contributed by atoms with Crippen LogP contribution in [0.1, 0.15) is 26.0 Å². The quantitative estimate of drug-likeness (QED) is 0.173. The molecule has 0 aliphatic carbocycles. The van der Waals surface area contributed by atoms with Gasteiger partial charge in [0.1, 0.15) is 18.0 Å². The molecule has 0 fully saturated rings. The number of rotatable bonds is 14. The standard InChI is InChI=1S/C28H34FN7O4/c1-17(2)23(15-37)31-8-5-9-40-25-14-22-21(13-24(25)39-3)28(33-16-32-22)36(20-7-4-6-18(29)10-20)27-12-19(34-35-27)11-26(30)38/h4,6-7,10,12-14,16-17,23,31,37H,5,8-9,11,15H2,1-3H3,(H2,30,38)(H,34,35). The number of aromatic nitrogens is 4. The molecule has 212 valence electrons. The highest BCUT2D eigenvalue weighted by Crippen LogP contribution is 2.40. The van der Waals surface area contributed by atoms with Crippen molar-refractivity contribution in [2.45, 2.75) is 32.7 Å². The second-order valence-electron chi connectivity index (χ2n) is 9.62. The van der Waals surface area contributed by atoms with Crippen LogP contribution in [0.3, 0.4) is 0 Å². The first-order chi connectivity index (χ1) is 19.3. The average Bonchev–Trinajstić information content (AvgIpc) is 3.37. The van der Waals surface area contributed by atoms with E-state index in [1.807, 2.05) is 0 Å². The van der Waals surface area contributed by atoms with E-state index in [0.717, 1.165) is 6.42 Å². The van der Waals surface area contributed by atoms with Crippen molar-refractivity contribution in [1.82, 2.24) is 25.5 Å². The number of fused-ring (bicyclic) bond motifs is 1. The smallest absolute Gasteiger partial charge is 0.223 e. The van der Waals surface area contributed by atoms with Gasteiger partial charge >= 0.3 is 0 Å². The fraction of sp³-hybridized carbons (Fsp3) is 0.357. The van der Waals surface area contributed by atoms with Gasteiger partial charge in [-0.1, -0.05) is 19.9 Å². The predicted molar refractivity (Wildman–Crippen MR) is 150 cm³/mol. The maximum Gasteiger partial charge on any atom is 0.223 e. The molecule has 1 unspecified atom stereocenters. The third kappa shape index (κ3) is 6.82. The van der Waals surface area contributed by atoms with E-state index in [4.69, 9.17) is 15.2 Å². The molecule has 2 aromatic heterocycles. The number of H-pyrrole nitrogens is 1. The van der Waals surface area contributed by atoms with Crippen LogP contribution in [0.5, 0.6) is 11.5 Å². The number of nitrogens with two attached hydrogens (primary N) is 1. The monoisotopic (exact) mass is 551 g/mol. The summed E-state index contributed by atoms with van der Waals surface area (Å²) in [5.74, 6) is 1.17. The molecule has 2 heterocycles. The fourth-order valence-electron chi connectivity index (χ4n) is 4.27. The number of carbonyl (C=O) groups excluding carboxylic acids is 1. The highest BCUT2D eigenvalue weighted by atomic mass is 19.1. The van der Waals surface area contributed by atoms with Crippen molar-refractivity contribution in [1.29, 1.82) is 0 Å². The summed E-state index contributed by atoms with van der Waals surface area (Å²) in [7, 11) is 1.54. The minimum atomic E-state index is -0.513. The summed E-state index contributed by atoms with van der Waals surface area (Å²) in [5, 5.41) is 20.6. The van der Waals surface area contributed by atoms with Crippen molar-refractivity contribution in [3.8, 4) is 11.5 Å². The Kier molecular flexibility index (Phi) is 9.46. The van der Waals surface area contributed by atoms with Gasteiger partial charge in [0.25, 0.3) is 0 Å². The molecule has 0 spiro atoms. The molecular weight excluding hydrogens is 517 g/mol. The third-order valence-corrected chi connectivity index (χ3v) is 6.38. The minimum Gasteiger partial charge on any atom is -0.493 e. The van der Waals surface area contributed by atoms with Crippen LogP contribution in [-0.4, -0.2) is 64.1 Å². The summed E-state index contributed by atoms with van der Waals surface area (Å²) in [4.78, 5) is 22.0. The first kappa shape index (κ1) is 28.7. The van der Waals surface area contributed by atoms with Gasteiger partial charge in [0.15, 0.2) is 17.3 Å². The average molecular weight is 552 g/mol. The Labute approximate surface area is 231 Å². The van der Waals surface area contributed by atoms with Crippen LogP contribution >= 0.6 is 0 Å². The van der Waals surface area contributed by atoms with E-state index in [2.05, 4.69) is 39.3 Å². The molecule has 12 heteroatoms. The maximum absolute atomic E-state index is 14.3. The van der Waals surface area contributed by atoms with E-state index < -0.39 is 11.7 Å². The molecule has 2 aromatic carbocycles. The molecular formula is C28H34FN7O4. The van der Waals surface area contributed by atoms with Gasteiger partial charge in [0, 0.05) is 29.3 Å². The number of aromatic amines is 1. The van der Waals surface area contributed by atoms with E-state index in [9.17, 15) is 14.3 Å². The number of benzene rings is 2. The maximum atomic E-state index is 14.3. The van der Waals surface area contributed by atoms with Crippen LogP contribution in [0.2, 0.25) is 0 Å². The van der Waals surface area contributed by atoms with Gasteiger partial charge in [-0.3, -0.25) is 14.8 Å². The zero-order valence-corrected chi connectivity index (χ0v) is 22.7. The molecule has 0 saturated heterocycles. The molecule has 1 atom stereocenters. The first-order valence-corrected chi connectivity index (χ1v) is 13.0. The number of ether oxygens (including phenoxy) is 2. The lowest BCUT2D eigenvalue weighted by Crippen LogP contribution is -2.37. The van der Waals surface area contributed by atoms with E-state index in [0.29, 0.717) is 64.5 Å². The number of aliphatic hydroxyl groups is 1. The summed E-state index contributed by atoms with van der Waals surface area (Å²) >= 11 is 0. The van der Waals surface area contributed by atoms with Crippen LogP contribution in [0.4, 0.5) is 21.7 Å². The topological polar surface area (TPSA) is 152 Å². The van der Waals surface area contributed by atoms with Crippen molar-refractivity contribution < 1.29 is 23.8 Å². The van der Waals surface area contributed by atoms with Gasteiger partial charge in [-0.15, -0.1) is 0 Å². The van der Waals surface area contributed by atoms with E-state index in [1.54, 1.807) is 42.3 Å². The second-order valence-corrected chi connectivity index (χ2v) is 9.62. The number of methoxy groups -OCH3 is 1. The van der Waals surface area contributed by atoms with Crippen LogP contribution in [-0.2, 0) is 11.2 Å². The van der Waals surface area contributed by atoms with Crippen LogP contribution in [0.15, 0.2) is 48.8 Å². The zero-order valence-electron chi connectivity index (χ0n) is 22.7. The normalized spacial score (nSPS) is 12.1. The molecule has 0 aliphatic rings. The van der Waals surface area contributed by atoms with Crippen molar-refractivity contribution >= 4 is 34.1 Å². The molecule has 1 amide bonds. The summed E-state index contributed by atoms with van der Waals surface area (Å²) in [6.07, 6.45) is 2.10. The van der Waals surface area contributed by atoms with Gasteiger partial charge in [0.2, 0.25) is 5.91 Å². The number of carbonyl (C=O) groups is 1. The predicted octanol–water partition coefficient (Wildman–Crippen LogP) is 3.37. The van der Waals surface area contributed by atoms with Crippen LogP contribution < -0.4 is 25.4 Å². The molecule has 5 N–H and O–H groups in total. The molecule has 40 heavy (non-hydrogen) atoms. The number of nitrogens with one attached hydrogen (secondary N) is 2. The van der Waals surface area contributed by atoms with Gasteiger partial charge < -0.3 is 25.6 Å². The summed E-state index contributed by atoms with van der Waals surface area (Å²) in [6.45, 7) is 5.31. The van der Waals surface area contributed by atoms with E-state index in [1.165, 1.54) is 18.5 Å². The second kappa shape index (κ2) is 13.2. The van der Waals surface area contributed by atoms with Gasteiger partial charge in [0.05, 0.1) is 37.9 Å². The molecule has 4 rings (SSSR count). The Morgan fingerprint density at radius 1 is 1.20 bits per heavy atom. The fourth-order valence-corrected chi connectivity index (χ4v) is 4.27. The first-order valence-electron chi connectivity index (χ1n) is 13.0. The van der Waals surface area contributed by atoms with E-state index in [-0.39, 0.29) is 19.1 Å². The van der Waals surface area contributed by atoms with E-state index >= 15 is 0 Å². The molecule has 0 aliphatic heterocycles. The number of anilines is 3. The molecule has 4 aromatic rings. The van der Waals surface area contributed by atoms with Crippen molar-refractivity contribution in [3.63, 3.8) is 0 Å². The largest absolute Gasteiger partial charge is 0.493 e. The Morgan fingerprint density at radius 2 is 2.02 bits per heavy atom. The Bertz CT molecular complexity index is 1450. The van der Waals surface area contributed by atoms with Gasteiger partial charge in [-0.2, -0.15) is 5.10 Å². The Morgan fingerprint density at radius 3 is 2.73 bits per heavy atom. The lowest BCUT2D eigenvalue weighted by atomic mass is 10.1. The summed E-state index contributed by atoms with van der Waals surface area (Å²) < 4.78 is 26.0. The number of aliphatic hydroxyl groups excluding tert-OH is 1. The molecule has 0 radical (unpaired) electrons. The Balaban J connectivity index is 1.66. The van der Waals surface area contributed by atoms with Crippen LogP contribution in [0, 0.1) is 11.7 Å². The number of nitrogens with zero attached hydrogens (tertiary/aromatic N) is 4. The number of amides is 1. The number of hydrogen-bond donors (Lipinski definition) is 4. The molecule has 0 saturated carbocycles. The van der Waals surface area contributed by atoms with Gasteiger partial charge in [-0.05, 0) is 43.1 Å².